The molecule has 3 aromatic rings. The maximum atomic E-state index is 13.7. The zero-order valence-electron chi connectivity index (χ0n) is 14.2. The molecule has 0 aliphatic carbocycles. The number of carboxylic acid groups (broad SMARTS) is 1. The minimum Gasteiger partial charge on any atom is -0.465 e. The fourth-order valence-electron chi connectivity index (χ4n) is 2.62. The number of halogens is 2. The van der Waals surface area contributed by atoms with Gasteiger partial charge in [0, 0.05) is 35.9 Å². The number of benzene rings is 1. The highest BCUT2D eigenvalue weighted by molar-refractivity contribution is 6.30. The van der Waals surface area contributed by atoms with Crippen molar-refractivity contribution in [3.8, 4) is 22.4 Å². The molecular formula is C18H17ClFN5O2. The van der Waals surface area contributed by atoms with Crippen LogP contribution in [0.1, 0.15) is 6.42 Å². The quantitative estimate of drug-likeness (QED) is 0.361. The number of aromatic nitrogens is 3. The second-order valence-electron chi connectivity index (χ2n) is 5.71. The van der Waals surface area contributed by atoms with Gasteiger partial charge in [-0.3, -0.25) is 5.10 Å². The smallest absolute Gasteiger partial charge is 0.404 e. The van der Waals surface area contributed by atoms with E-state index in [0.717, 1.165) is 5.56 Å². The van der Waals surface area contributed by atoms with Gasteiger partial charge in [-0.05, 0) is 30.2 Å². The van der Waals surface area contributed by atoms with E-state index in [4.69, 9.17) is 16.7 Å². The molecule has 1 amide bonds. The summed E-state index contributed by atoms with van der Waals surface area (Å²) >= 11 is 5.96. The molecule has 0 saturated heterocycles. The molecule has 3 rings (SSSR count). The Morgan fingerprint density at radius 2 is 1.96 bits per heavy atom. The predicted molar refractivity (Wildman–Crippen MR) is 101 cm³/mol. The van der Waals surface area contributed by atoms with E-state index in [9.17, 15) is 9.18 Å². The molecule has 1 aromatic carbocycles. The highest BCUT2D eigenvalue weighted by Crippen LogP contribution is 2.36. The number of H-pyrrole nitrogens is 1. The summed E-state index contributed by atoms with van der Waals surface area (Å²) in [5, 5.41) is 22.0. The topological polar surface area (TPSA) is 103 Å². The van der Waals surface area contributed by atoms with Gasteiger partial charge in [0.1, 0.15) is 0 Å². The number of hydrogen-bond donors (Lipinski definition) is 4. The third-order valence-corrected chi connectivity index (χ3v) is 4.09. The molecule has 2 heterocycles. The number of pyridine rings is 1. The molecule has 7 nitrogen and oxygen atoms in total. The van der Waals surface area contributed by atoms with Crippen molar-refractivity contribution in [2.75, 3.05) is 18.4 Å². The van der Waals surface area contributed by atoms with Crippen molar-refractivity contribution >= 4 is 23.5 Å². The lowest BCUT2D eigenvalue weighted by Crippen LogP contribution is -2.23. The van der Waals surface area contributed by atoms with Gasteiger partial charge in [-0.2, -0.15) is 9.49 Å². The SMILES string of the molecule is O=C(O)NCCCNc1n[nH]c(-c2ccc(Cl)cc2)c1-c1ccnc(F)c1. The van der Waals surface area contributed by atoms with Crippen LogP contribution in [0, 0.1) is 5.95 Å². The molecule has 0 spiro atoms. The van der Waals surface area contributed by atoms with Gasteiger partial charge in [0.2, 0.25) is 5.95 Å². The molecule has 0 unspecified atom stereocenters. The number of nitrogens with one attached hydrogen (secondary N) is 3. The Balaban J connectivity index is 1.89. The van der Waals surface area contributed by atoms with Crippen molar-refractivity contribution in [1.29, 1.82) is 0 Å². The molecule has 0 aliphatic heterocycles. The average molecular weight is 390 g/mol. The molecular weight excluding hydrogens is 373 g/mol. The van der Waals surface area contributed by atoms with Gasteiger partial charge in [0.05, 0.1) is 11.3 Å². The summed E-state index contributed by atoms with van der Waals surface area (Å²) in [6.45, 7) is 0.807. The van der Waals surface area contributed by atoms with Crippen LogP contribution in [0.2, 0.25) is 5.02 Å². The van der Waals surface area contributed by atoms with Crippen molar-refractivity contribution in [3.05, 3.63) is 53.6 Å². The van der Waals surface area contributed by atoms with Gasteiger partial charge in [-0.15, -0.1) is 0 Å². The minimum atomic E-state index is -1.06. The van der Waals surface area contributed by atoms with Gasteiger partial charge in [-0.25, -0.2) is 9.78 Å². The molecule has 0 saturated carbocycles. The average Bonchev–Trinajstić information content (AvgIpc) is 3.05. The summed E-state index contributed by atoms with van der Waals surface area (Å²) in [5.41, 5.74) is 2.88. The largest absolute Gasteiger partial charge is 0.465 e. The molecule has 0 atom stereocenters. The Kier molecular flexibility index (Phi) is 5.87. The van der Waals surface area contributed by atoms with Crippen LogP contribution in [-0.4, -0.2) is 39.5 Å². The fraction of sp³-hybridized carbons (Fsp3) is 0.167. The van der Waals surface area contributed by atoms with Gasteiger partial charge in [-0.1, -0.05) is 23.7 Å². The molecule has 0 fully saturated rings. The lowest BCUT2D eigenvalue weighted by Gasteiger charge is -2.09. The van der Waals surface area contributed by atoms with Crippen LogP contribution in [0.5, 0.6) is 0 Å². The lowest BCUT2D eigenvalue weighted by atomic mass is 10.0. The predicted octanol–water partition coefficient (Wildman–Crippen LogP) is 4.00. The molecule has 2 aromatic heterocycles. The Morgan fingerprint density at radius 3 is 2.67 bits per heavy atom. The zero-order valence-corrected chi connectivity index (χ0v) is 14.9. The molecule has 4 N–H and O–H groups in total. The first-order valence-electron chi connectivity index (χ1n) is 8.21. The molecule has 0 aliphatic rings. The first-order chi connectivity index (χ1) is 13.0. The van der Waals surface area contributed by atoms with Gasteiger partial charge in [0.15, 0.2) is 5.82 Å². The van der Waals surface area contributed by atoms with Crippen LogP contribution in [0.25, 0.3) is 22.4 Å². The third kappa shape index (κ3) is 4.73. The standard InChI is InChI=1S/C18H17ClFN5O2/c19-13-4-2-11(3-5-13)16-15(12-6-9-21-14(20)10-12)17(25-24-16)22-7-1-8-23-18(26)27/h2-6,9-10,23H,1,7-8H2,(H,26,27)(H2,22,24,25). The summed E-state index contributed by atoms with van der Waals surface area (Å²) in [7, 11) is 0. The van der Waals surface area contributed by atoms with Gasteiger partial charge < -0.3 is 15.7 Å². The van der Waals surface area contributed by atoms with E-state index in [1.165, 1.54) is 12.3 Å². The van der Waals surface area contributed by atoms with Crippen LogP contribution < -0.4 is 10.6 Å². The molecule has 0 radical (unpaired) electrons. The molecule has 0 bridgehead atoms. The first kappa shape index (κ1) is 18.7. The van der Waals surface area contributed by atoms with E-state index in [-0.39, 0.29) is 0 Å². The highest BCUT2D eigenvalue weighted by Gasteiger charge is 2.17. The van der Waals surface area contributed by atoms with Crippen molar-refractivity contribution in [2.24, 2.45) is 0 Å². The number of anilines is 1. The Labute approximate surface area is 159 Å². The van der Waals surface area contributed by atoms with E-state index >= 15 is 0 Å². The first-order valence-corrected chi connectivity index (χ1v) is 8.59. The normalized spacial score (nSPS) is 10.6. The van der Waals surface area contributed by atoms with Crippen molar-refractivity contribution in [2.45, 2.75) is 6.42 Å². The minimum absolute atomic E-state index is 0.315. The van der Waals surface area contributed by atoms with Crippen molar-refractivity contribution in [3.63, 3.8) is 0 Å². The summed E-state index contributed by atoms with van der Waals surface area (Å²) < 4.78 is 13.7. The zero-order chi connectivity index (χ0) is 19.2. The molecule has 9 heteroatoms. The monoisotopic (exact) mass is 389 g/mol. The number of aromatic amines is 1. The van der Waals surface area contributed by atoms with E-state index in [1.807, 2.05) is 12.1 Å². The lowest BCUT2D eigenvalue weighted by molar-refractivity contribution is 0.194. The van der Waals surface area contributed by atoms with E-state index < -0.39 is 12.0 Å². The van der Waals surface area contributed by atoms with Gasteiger partial charge >= 0.3 is 6.09 Å². The van der Waals surface area contributed by atoms with Crippen LogP contribution in [0.15, 0.2) is 42.6 Å². The molecule has 140 valence electrons. The Bertz CT molecular complexity index is 930. The summed E-state index contributed by atoms with van der Waals surface area (Å²) in [5.74, 6) is -0.0479. The Morgan fingerprint density at radius 1 is 1.19 bits per heavy atom. The van der Waals surface area contributed by atoms with E-state index in [0.29, 0.717) is 47.2 Å². The number of hydrogen-bond acceptors (Lipinski definition) is 4. The van der Waals surface area contributed by atoms with Crippen LogP contribution >= 0.6 is 11.6 Å². The second-order valence-corrected chi connectivity index (χ2v) is 6.15. The van der Waals surface area contributed by atoms with E-state index in [2.05, 4.69) is 25.8 Å². The van der Waals surface area contributed by atoms with E-state index in [1.54, 1.807) is 18.2 Å². The highest BCUT2D eigenvalue weighted by atomic mass is 35.5. The van der Waals surface area contributed by atoms with Crippen molar-refractivity contribution < 1.29 is 14.3 Å². The van der Waals surface area contributed by atoms with Crippen LogP contribution in [0.4, 0.5) is 15.0 Å². The van der Waals surface area contributed by atoms with Crippen LogP contribution in [0.3, 0.4) is 0 Å². The van der Waals surface area contributed by atoms with Crippen molar-refractivity contribution in [1.82, 2.24) is 20.5 Å². The number of carbonyl (C=O) groups is 1. The summed E-state index contributed by atoms with van der Waals surface area (Å²) in [4.78, 5) is 14.1. The summed E-state index contributed by atoms with van der Waals surface area (Å²) in [6, 6.07) is 10.2. The Hall–Kier alpha value is -3.13. The fourth-order valence-corrected chi connectivity index (χ4v) is 2.75. The maximum Gasteiger partial charge on any atom is 0.404 e. The number of rotatable bonds is 7. The van der Waals surface area contributed by atoms with Crippen LogP contribution in [-0.2, 0) is 0 Å². The maximum absolute atomic E-state index is 13.7. The van der Waals surface area contributed by atoms with Gasteiger partial charge in [0.25, 0.3) is 0 Å². The molecule has 27 heavy (non-hydrogen) atoms. The second kappa shape index (κ2) is 8.50. The third-order valence-electron chi connectivity index (χ3n) is 3.84. The number of amides is 1. The summed E-state index contributed by atoms with van der Waals surface area (Å²) in [6.07, 6.45) is 0.899. The number of nitrogens with zero attached hydrogens (tertiary/aromatic N) is 2.